The number of hydrogen-bond donors (Lipinski definition) is 0. The molecule has 0 fully saturated rings. The van der Waals surface area contributed by atoms with Gasteiger partial charge in [-0.3, -0.25) is 0 Å². The van der Waals surface area contributed by atoms with E-state index in [0.29, 0.717) is 0 Å². The van der Waals surface area contributed by atoms with Gasteiger partial charge < -0.3 is 17.0 Å². The van der Waals surface area contributed by atoms with Gasteiger partial charge >= 0.3 is 81.4 Å². The second-order valence-electron chi connectivity index (χ2n) is 2.81. The molecule has 0 aliphatic heterocycles. The molecule has 0 aromatic heterocycles. The van der Waals surface area contributed by atoms with Crippen LogP contribution in [0.2, 0.25) is 0 Å². The van der Waals surface area contributed by atoms with Crippen LogP contribution in [-0.4, -0.2) is 21.7 Å². The maximum Gasteiger partial charge on any atom is -1.00 e. The van der Waals surface area contributed by atoms with E-state index in [1.165, 1.54) is 14.8 Å². The van der Waals surface area contributed by atoms with Crippen LogP contribution in [0.5, 0.6) is 0 Å². The van der Waals surface area contributed by atoms with E-state index in [0.717, 1.165) is 12.8 Å². The summed E-state index contributed by atoms with van der Waals surface area (Å²) in [5, 5.41) is 0. The van der Waals surface area contributed by atoms with Crippen LogP contribution in [0.25, 0.3) is 0 Å². The standard InChI is InChI=1S/C10H13.BrH.Mg/c1-3-9-5-7-10(4-2)8-6-9;;/h5-7H,3-4H2,1-2H3;1H;/q;;+1/p-1. The topological polar surface area (TPSA) is 0 Å². The summed E-state index contributed by atoms with van der Waals surface area (Å²) in [7, 11) is 0. The molecular formula is C10H13BrMg. The largest absolute Gasteiger partial charge is 1.00 e. The van der Waals surface area contributed by atoms with Crippen LogP contribution in [-0.2, 0) is 12.8 Å². The number of hydrogen-bond acceptors (Lipinski definition) is 0. The summed E-state index contributed by atoms with van der Waals surface area (Å²) in [5.41, 5.74) is 2.94. The van der Waals surface area contributed by atoms with Crippen LogP contribution >= 0.6 is 0 Å². The molecule has 0 amide bonds. The van der Waals surface area contributed by atoms with Crippen LogP contribution in [0, 0.1) is 0 Å². The van der Waals surface area contributed by atoms with Gasteiger partial charge in [0.25, 0.3) is 0 Å². The van der Waals surface area contributed by atoms with Crippen molar-refractivity contribution in [2.45, 2.75) is 26.7 Å². The molecule has 0 spiro atoms. The minimum Gasteiger partial charge on any atom is -1.00 e. The van der Waals surface area contributed by atoms with Gasteiger partial charge in [-0.25, -0.2) is 0 Å². The maximum absolute atomic E-state index is 2.30. The first-order valence-electron chi connectivity index (χ1n) is 4.21. The SMILES string of the molecule is CCc1ccc(CC)[c]([Mg+])c1.[Br-]. The maximum atomic E-state index is 2.30. The Hall–Kier alpha value is 0.466. The number of benzene rings is 1. The van der Waals surface area contributed by atoms with Gasteiger partial charge in [-0.05, 0) is 0 Å². The van der Waals surface area contributed by atoms with Crippen LogP contribution in [0.4, 0.5) is 0 Å². The Balaban J connectivity index is 0.00000121. The van der Waals surface area contributed by atoms with E-state index in [2.05, 4.69) is 32.0 Å². The number of rotatable bonds is 2. The minimum atomic E-state index is 0. The Morgan fingerprint density at radius 3 is 2.25 bits per heavy atom. The Kier molecular flexibility index (Phi) is 6.24. The van der Waals surface area contributed by atoms with Gasteiger partial charge in [0, 0.05) is 0 Å². The van der Waals surface area contributed by atoms with Crippen molar-refractivity contribution in [3.05, 3.63) is 29.3 Å². The van der Waals surface area contributed by atoms with Crippen molar-refractivity contribution < 1.29 is 17.0 Å². The quantitative estimate of drug-likeness (QED) is 0.556. The molecule has 1 aromatic rings. The van der Waals surface area contributed by atoms with Gasteiger partial charge in [0.1, 0.15) is 0 Å². The molecule has 62 valence electrons. The average molecular weight is 237 g/mol. The third-order valence-corrected chi connectivity index (χ3v) is 2.72. The molecule has 0 saturated heterocycles. The summed E-state index contributed by atoms with van der Waals surface area (Å²) < 4.78 is 1.46. The summed E-state index contributed by atoms with van der Waals surface area (Å²) in [6, 6.07) is 6.79. The molecule has 0 atom stereocenters. The number of aryl methyl sites for hydroxylation is 2. The molecule has 0 saturated carbocycles. The summed E-state index contributed by atoms with van der Waals surface area (Å²) in [4.78, 5) is 0. The van der Waals surface area contributed by atoms with Gasteiger partial charge in [0.05, 0.1) is 0 Å². The van der Waals surface area contributed by atoms with Crippen molar-refractivity contribution in [1.82, 2.24) is 0 Å². The first-order valence-corrected chi connectivity index (χ1v) is 4.92. The molecule has 0 nitrogen and oxygen atoms in total. The van der Waals surface area contributed by atoms with E-state index < -0.39 is 0 Å². The summed E-state index contributed by atoms with van der Waals surface area (Å²) in [6.07, 6.45) is 2.30. The first kappa shape index (κ1) is 12.5. The van der Waals surface area contributed by atoms with E-state index in [-0.39, 0.29) is 17.0 Å². The predicted molar refractivity (Wildman–Crippen MR) is 50.6 cm³/mol. The molecule has 0 aliphatic carbocycles. The second kappa shape index (κ2) is 6.00. The third-order valence-electron chi connectivity index (χ3n) is 2.06. The van der Waals surface area contributed by atoms with Crippen molar-refractivity contribution in [1.29, 1.82) is 0 Å². The third kappa shape index (κ3) is 3.07. The fraction of sp³-hybridized carbons (Fsp3) is 0.400. The van der Waals surface area contributed by atoms with Crippen LogP contribution in [0.3, 0.4) is 0 Å². The molecule has 0 unspecified atom stereocenters. The second-order valence-corrected chi connectivity index (χ2v) is 3.57. The molecule has 0 aliphatic rings. The Labute approximate surface area is 98.0 Å². The van der Waals surface area contributed by atoms with Crippen LogP contribution in [0.15, 0.2) is 18.2 Å². The molecule has 1 rings (SSSR count). The summed E-state index contributed by atoms with van der Waals surface area (Å²) in [5.74, 6) is 0. The van der Waals surface area contributed by atoms with E-state index in [1.54, 1.807) is 0 Å². The molecule has 0 heterocycles. The van der Waals surface area contributed by atoms with Crippen LogP contribution in [0.1, 0.15) is 25.0 Å². The van der Waals surface area contributed by atoms with E-state index in [4.69, 9.17) is 0 Å². The van der Waals surface area contributed by atoms with Gasteiger partial charge in [-0.1, -0.05) is 0 Å². The van der Waals surface area contributed by atoms with Crippen molar-refractivity contribution in [2.75, 3.05) is 0 Å². The zero-order valence-electron chi connectivity index (χ0n) is 7.73. The molecule has 2 heteroatoms. The Bertz CT molecular complexity index is 246. The normalized spacial score (nSPS) is 9.33. The summed E-state index contributed by atoms with van der Waals surface area (Å²) >= 11 is 1.99. The molecule has 12 heavy (non-hydrogen) atoms. The fourth-order valence-corrected chi connectivity index (χ4v) is 1.87. The average Bonchev–Trinajstić information content (AvgIpc) is 2.04. The van der Waals surface area contributed by atoms with E-state index in [9.17, 15) is 0 Å². The van der Waals surface area contributed by atoms with Gasteiger partial charge in [0.15, 0.2) is 0 Å². The molecule has 0 N–H and O–H groups in total. The first-order chi connectivity index (χ1) is 5.27. The zero-order chi connectivity index (χ0) is 8.27. The fourth-order valence-electron chi connectivity index (χ4n) is 1.24. The Morgan fingerprint density at radius 1 is 1.17 bits per heavy atom. The smallest absolute Gasteiger partial charge is 1.00 e. The van der Waals surface area contributed by atoms with Gasteiger partial charge in [-0.2, -0.15) is 0 Å². The van der Waals surface area contributed by atoms with E-state index >= 15 is 0 Å². The summed E-state index contributed by atoms with van der Waals surface area (Å²) in [6.45, 7) is 4.40. The molecule has 0 bridgehead atoms. The van der Waals surface area contributed by atoms with Crippen LogP contribution < -0.4 is 20.7 Å². The van der Waals surface area contributed by atoms with Gasteiger partial charge in [0.2, 0.25) is 0 Å². The van der Waals surface area contributed by atoms with Crippen molar-refractivity contribution in [3.8, 4) is 0 Å². The molecule has 0 radical (unpaired) electrons. The molecular weight excluding hydrogens is 224 g/mol. The zero-order valence-corrected chi connectivity index (χ0v) is 10.7. The van der Waals surface area contributed by atoms with Crippen molar-refractivity contribution in [2.24, 2.45) is 0 Å². The molecule has 1 aromatic carbocycles. The number of halogens is 1. The van der Waals surface area contributed by atoms with Gasteiger partial charge in [-0.15, -0.1) is 0 Å². The monoisotopic (exact) mass is 236 g/mol. The minimum absolute atomic E-state index is 0. The van der Waals surface area contributed by atoms with Crippen molar-refractivity contribution >= 4 is 25.4 Å². The van der Waals surface area contributed by atoms with E-state index in [1.807, 2.05) is 21.7 Å². The van der Waals surface area contributed by atoms with Crippen molar-refractivity contribution in [3.63, 3.8) is 0 Å². The predicted octanol–water partition coefficient (Wildman–Crippen LogP) is -1.39. The Morgan fingerprint density at radius 2 is 1.83 bits per heavy atom.